The number of thiazole rings is 1. The predicted molar refractivity (Wildman–Crippen MR) is 66.7 cm³/mol. The van der Waals surface area contributed by atoms with Gasteiger partial charge in [0.05, 0.1) is 0 Å². The summed E-state index contributed by atoms with van der Waals surface area (Å²) in [6.45, 7) is 3.40. The molecule has 0 aliphatic heterocycles. The van der Waals surface area contributed by atoms with Gasteiger partial charge in [-0.05, 0) is 7.05 Å². The molecular weight excluding hydrogens is 246 g/mol. The lowest BCUT2D eigenvalue weighted by Crippen LogP contribution is -2.34. The molecule has 1 N–H and O–H groups in total. The highest BCUT2D eigenvalue weighted by Crippen LogP contribution is 2.19. The van der Waals surface area contributed by atoms with Gasteiger partial charge in [0, 0.05) is 37.1 Å². The molecule has 1 unspecified atom stereocenters. The van der Waals surface area contributed by atoms with Gasteiger partial charge in [-0.25, -0.2) is 4.98 Å². The van der Waals surface area contributed by atoms with Gasteiger partial charge in [0.2, 0.25) is 5.91 Å². The Kier molecular flexibility index (Phi) is 5.18. The van der Waals surface area contributed by atoms with Crippen LogP contribution in [0, 0.1) is 5.92 Å². The molecule has 1 rings (SSSR count). The van der Waals surface area contributed by atoms with Crippen LogP contribution in [-0.4, -0.2) is 36.4 Å². The van der Waals surface area contributed by atoms with Crippen LogP contribution >= 0.6 is 22.9 Å². The van der Waals surface area contributed by atoms with Crippen molar-refractivity contribution in [3.8, 4) is 0 Å². The molecule has 90 valence electrons. The van der Waals surface area contributed by atoms with Crippen LogP contribution in [0.15, 0.2) is 6.20 Å². The fourth-order valence-electron chi connectivity index (χ4n) is 1.48. The third kappa shape index (κ3) is 4.08. The molecule has 0 spiro atoms. The number of halogens is 1. The molecule has 1 heterocycles. The number of nitrogens with one attached hydrogen (secondary N) is 1. The third-order valence-corrected chi connectivity index (χ3v) is 3.33. The SMILES string of the molecule is CNC(=O)C(C)CN(C)Cc1cnc(Cl)s1. The first-order chi connectivity index (χ1) is 7.52. The molecule has 0 aliphatic rings. The second-order valence-corrected chi connectivity index (χ2v) is 5.49. The number of rotatable bonds is 5. The normalized spacial score (nSPS) is 12.8. The van der Waals surface area contributed by atoms with Crippen molar-refractivity contribution in [2.45, 2.75) is 13.5 Å². The van der Waals surface area contributed by atoms with Crippen LogP contribution in [-0.2, 0) is 11.3 Å². The van der Waals surface area contributed by atoms with E-state index in [1.807, 2.05) is 14.0 Å². The number of hydrogen-bond acceptors (Lipinski definition) is 4. The molecule has 0 aliphatic carbocycles. The molecule has 1 aromatic rings. The summed E-state index contributed by atoms with van der Waals surface area (Å²) >= 11 is 7.22. The van der Waals surface area contributed by atoms with E-state index in [0.717, 1.165) is 18.0 Å². The molecular formula is C10H16ClN3OS. The molecule has 16 heavy (non-hydrogen) atoms. The van der Waals surface area contributed by atoms with Crippen LogP contribution in [0.5, 0.6) is 0 Å². The van der Waals surface area contributed by atoms with Crippen LogP contribution in [0.4, 0.5) is 0 Å². The maximum atomic E-state index is 11.3. The van der Waals surface area contributed by atoms with E-state index in [1.54, 1.807) is 13.2 Å². The second-order valence-electron chi connectivity index (χ2n) is 3.79. The zero-order chi connectivity index (χ0) is 12.1. The summed E-state index contributed by atoms with van der Waals surface area (Å²) in [6.07, 6.45) is 1.77. The Balaban J connectivity index is 2.41. The van der Waals surface area contributed by atoms with Gasteiger partial charge < -0.3 is 10.2 Å². The van der Waals surface area contributed by atoms with Gasteiger partial charge in [-0.15, -0.1) is 11.3 Å². The first kappa shape index (κ1) is 13.4. The minimum atomic E-state index is -0.0154. The average molecular weight is 262 g/mol. The zero-order valence-electron chi connectivity index (χ0n) is 9.66. The van der Waals surface area contributed by atoms with Crippen LogP contribution in [0.25, 0.3) is 0 Å². The molecule has 4 nitrogen and oxygen atoms in total. The largest absolute Gasteiger partial charge is 0.359 e. The highest BCUT2D eigenvalue weighted by Gasteiger charge is 2.14. The maximum absolute atomic E-state index is 11.3. The molecule has 0 saturated carbocycles. The molecule has 0 fully saturated rings. The molecule has 0 radical (unpaired) electrons. The molecule has 1 aromatic heterocycles. The van der Waals surface area contributed by atoms with E-state index >= 15 is 0 Å². The number of nitrogens with zero attached hydrogens (tertiary/aromatic N) is 2. The van der Waals surface area contributed by atoms with Crippen LogP contribution < -0.4 is 5.32 Å². The van der Waals surface area contributed by atoms with E-state index < -0.39 is 0 Å². The quantitative estimate of drug-likeness (QED) is 0.876. The molecule has 0 aromatic carbocycles. The van der Waals surface area contributed by atoms with Gasteiger partial charge in [-0.3, -0.25) is 4.79 Å². The molecule has 1 amide bonds. The van der Waals surface area contributed by atoms with E-state index in [1.165, 1.54) is 11.3 Å². The Labute approximate surface area is 105 Å². The highest BCUT2D eigenvalue weighted by molar-refractivity contribution is 7.15. The smallest absolute Gasteiger partial charge is 0.223 e. The van der Waals surface area contributed by atoms with E-state index in [-0.39, 0.29) is 11.8 Å². The summed E-state index contributed by atoms with van der Waals surface area (Å²) in [6, 6.07) is 0. The van der Waals surface area contributed by atoms with Gasteiger partial charge in [0.15, 0.2) is 4.47 Å². The Morgan fingerprint density at radius 1 is 1.75 bits per heavy atom. The van der Waals surface area contributed by atoms with Crippen molar-refractivity contribution in [1.82, 2.24) is 15.2 Å². The Hall–Kier alpha value is -0.650. The highest BCUT2D eigenvalue weighted by atomic mass is 35.5. The van der Waals surface area contributed by atoms with Crippen molar-refractivity contribution in [3.05, 3.63) is 15.5 Å². The Morgan fingerprint density at radius 3 is 2.94 bits per heavy atom. The average Bonchev–Trinajstić information content (AvgIpc) is 2.62. The lowest BCUT2D eigenvalue weighted by atomic mass is 10.1. The number of aromatic nitrogens is 1. The maximum Gasteiger partial charge on any atom is 0.223 e. The van der Waals surface area contributed by atoms with Crippen molar-refractivity contribution in [2.75, 3.05) is 20.6 Å². The fourth-order valence-corrected chi connectivity index (χ4v) is 2.54. The first-order valence-corrected chi connectivity index (χ1v) is 6.22. The minimum absolute atomic E-state index is 0.0154. The predicted octanol–water partition coefficient (Wildman–Crippen LogP) is 1.61. The van der Waals surface area contributed by atoms with E-state index in [4.69, 9.17) is 11.6 Å². The van der Waals surface area contributed by atoms with Gasteiger partial charge in [0.25, 0.3) is 0 Å². The molecule has 6 heteroatoms. The number of carbonyl (C=O) groups is 1. The van der Waals surface area contributed by atoms with Crippen molar-refractivity contribution in [2.24, 2.45) is 5.92 Å². The number of amides is 1. The van der Waals surface area contributed by atoms with Crippen molar-refractivity contribution < 1.29 is 4.79 Å². The zero-order valence-corrected chi connectivity index (χ0v) is 11.2. The van der Waals surface area contributed by atoms with Crippen LogP contribution in [0.3, 0.4) is 0 Å². The molecule has 0 bridgehead atoms. The topological polar surface area (TPSA) is 45.2 Å². The molecule has 0 saturated heterocycles. The summed E-state index contributed by atoms with van der Waals surface area (Å²) in [5.41, 5.74) is 0. The van der Waals surface area contributed by atoms with Gasteiger partial charge in [-0.1, -0.05) is 18.5 Å². The second kappa shape index (κ2) is 6.18. The fraction of sp³-hybridized carbons (Fsp3) is 0.600. The third-order valence-electron chi connectivity index (χ3n) is 2.23. The summed E-state index contributed by atoms with van der Waals surface area (Å²) in [4.78, 5) is 18.5. The Morgan fingerprint density at radius 2 is 2.44 bits per heavy atom. The molecule has 1 atom stereocenters. The van der Waals surface area contributed by atoms with Crippen molar-refractivity contribution in [1.29, 1.82) is 0 Å². The summed E-state index contributed by atoms with van der Waals surface area (Å²) < 4.78 is 0.558. The summed E-state index contributed by atoms with van der Waals surface area (Å²) in [5, 5.41) is 2.64. The van der Waals surface area contributed by atoms with E-state index in [0.29, 0.717) is 4.47 Å². The van der Waals surface area contributed by atoms with Crippen LogP contribution in [0.2, 0.25) is 4.47 Å². The standard InChI is InChI=1S/C10H16ClN3OS/c1-7(9(15)12-2)5-14(3)6-8-4-13-10(11)16-8/h4,7H,5-6H2,1-3H3,(H,12,15). The minimum Gasteiger partial charge on any atom is -0.359 e. The van der Waals surface area contributed by atoms with Crippen molar-refractivity contribution >= 4 is 28.8 Å². The monoisotopic (exact) mass is 261 g/mol. The van der Waals surface area contributed by atoms with Gasteiger partial charge in [-0.2, -0.15) is 0 Å². The summed E-state index contributed by atoms with van der Waals surface area (Å²) in [5.74, 6) is 0.0487. The van der Waals surface area contributed by atoms with E-state index in [2.05, 4.69) is 15.2 Å². The summed E-state index contributed by atoms with van der Waals surface area (Å²) in [7, 11) is 3.63. The van der Waals surface area contributed by atoms with Crippen LogP contribution in [0.1, 0.15) is 11.8 Å². The number of hydrogen-bond donors (Lipinski definition) is 1. The van der Waals surface area contributed by atoms with Gasteiger partial charge in [0.1, 0.15) is 0 Å². The Bertz CT molecular complexity index is 356. The lowest BCUT2D eigenvalue weighted by Gasteiger charge is -2.19. The van der Waals surface area contributed by atoms with Crippen molar-refractivity contribution in [3.63, 3.8) is 0 Å². The number of carbonyl (C=O) groups excluding carboxylic acids is 1. The lowest BCUT2D eigenvalue weighted by molar-refractivity contribution is -0.124. The first-order valence-electron chi connectivity index (χ1n) is 5.03. The van der Waals surface area contributed by atoms with E-state index in [9.17, 15) is 4.79 Å². The van der Waals surface area contributed by atoms with Gasteiger partial charge >= 0.3 is 0 Å².